The number of methoxy groups -OCH3 is 2. The average Bonchev–Trinajstić information content (AvgIpc) is 2.89. The number of esters is 1. The Labute approximate surface area is 205 Å². The minimum Gasteiger partial charge on any atom is -0.497 e. The van der Waals surface area contributed by atoms with E-state index in [0.717, 1.165) is 31.5 Å². The smallest absolute Gasteiger partial charge is 0.338 e. The van der Waals surface area contributed by atoms with Crippen LogP contribution in [-0.4, -0.2) is 80.2 Å². The quantitative estimate of drug-likeness (QED) is 0.497. The first-order valence-corrected chi connectivity index (χ1v) is 12.2. The van der Waals surface area contributed by atoms with Gasteiger partial charge in [-0.25, -0.2) is 9.59 Å². The number of nitrogens with one attached hydrogen (secondary N) is 2. The van der Waals surface area contributed by atoms with Crippen molar-refractivity contribution in [1.82, 2.24) is 20.4 Å². The molecular formula is C25H35N5O5. The van der Waals surface area contributed by atoms with E-state index in [1.807, 2.05) is 12.1 Å². The van der Waals surface area contributed by atoms with Crippen molar-refractivity contribution in [3.63, 3.8) is 0 Å². The second-order valence-corrected chi connectivity index (χ2v) is 9.41. The minimum absolute atomic E-state index is 0.261. The molecule has 0 unspecified atom stereocenters. The Hall–Kier alpha value is -3.11. The lowest BCUT2D eigenvalue weighted by Gasteiger charge is -2.48. The lowest BCUT2D eigenvalue weighted by Crippen LogP contribution is -2.63. The highest BCUT2D eigenvalue weighted by atomic mass is 16.5. The molecule has 1 aromatic rings. The largest absolute Gasteiger partial charge is 0.497 e. The fourth-order valence-electron chi connectivity index (χ4n) is 5.49. The van der Waals surface area contributed by atoms with Gasteiger partial charge in [-0.3, -0.25) is 14.6 Å². The van der Waals surface area contributed by atoms with Crippen LogP contribution in [0.5, 0.6) is 5.75 Å². The Bertz CT molecular complexity index is 978. The predicted octanol–water partition coefficient (Wildman–Crippen LogP) is 1.28. The fraction of sp³-hybridized carbons (Fsp3) is 0.560. The van der Waals surface area contributed by atoms with E-state index in [0.29, 0.717) is 49.5 Å². The Kier molecular flexibility index (Phi) is 7.61. The van der Waals surface area contributed by atoms with E-state index in [4.69, 9.17) is 15.2 Å². The third-order valence-corrected chi connectivity index (χ3v) is 7.49. The van der Waals surface area contributed by atoms with Crippen LogP contribution in [0, 0.1) is 0 Å². The lowest BCUT2D eigenvalue weighted by atomic mass is 9.83. The summed E-state index contributed by atoms with van der Waals surface area (Å²) in [5, 5.41) is 5.66. The summed E-state index contributed by atoms with van der Waals surface area (Å²) in [6.45, 7) is 3.42. The zero-order chi connectivity index (χ0) is 25.0. The number of likely N-dealkylation sites (tertiary alicyclic amines) is 2. The van der Waals surface area contributed by atoms with E-state index in [-0.39, 0.29) is 11.9 Å². The first-order chi connectivity index (χ1) is 16.9. The van der Waals surface area contributed by atoms with Crippen LogP contribution in [0.25, 0.3) is 0 Å². The monoisotopic (exact) mass is 485 g/mol. The topological polar surface area (TPSA) is 126 Å². The highest BCUT2D eigenvalue weighted by molar-refractivity contribution is 5.95. The molecule has 3 aliphatic rings. The number of ether oxygens (including phenoxy) is 2. The number of hydrogen-bond donors (Lipinski definition) is 3. The number of carbonyl (C=O) groups excluding carboxylic acids is 3. The molecule has 4 N–H and O–H groups in total. The van der Waals surface area contributed by atoms with Gasteiger partial charge in [0.1, 0.15) is 11.3 Å². The molecule has 10 nitrogen and oxygen atoms in total. The second kappa shape index (κ2) is 10.7. The normalized spacial score (nSPS) is 23.3. The molecule has 0 radical (unpaired) electrons. The van der Waals surface area contributed by atoms with Gasteiger partial charge in [0.2, 0.25) is 5.91 Å². The van der Waals surface area contributed by atoms with E-state index >= 15 is 0 Å². The molecule has 3 heterocycles. The number of hydrogen-bond acceptors (Lipinski definition) is 7. The maximum absolute atomic E-state index is 12.8. The number of primary amides is 1. The highest BCUT2D eigenvalue weighted by Gasteiger charge is 2.45. The summed E-state index contributed by atoms with van der Waals surface area (Å²) >= 11 is 0. The van der Waals surface area contributed by atoms with E-state index in [1.165, 1.54) is 13.5 Å². The van der Waals surface area contributed by atoms with Gasteiger partial charge in [-0.1, -0.05) is 18.6 Å². The number of nitrogens with zero attached hydrogens (tertiary/aromatic N) is 2. The molecule has 0 saturated carbocycles. The molecule has 0 aromatic heterocycles. The van der Waals surface area contributed by atoms with Crippen LogP contribution in [0.2, 0.25) is 0 Å². The van der Waals surface area contributed by atoms with Gasteiger partial charge in [0.15, 0.2) is 0 Å². The van der Waals surface area contributed by atoms with Crippen molar-refractivity contribution in [2.75, 3.05) is 46.9 Å². The summed E-state index contributed by atoms with van der Waals surface area (Å²) in [7, 11) is 2.91. The minimum atomic E-state index is -0.653. The molecule has 4 rings (SSSR count). The summed E-state index contributed by atoms with van der Waals surface area (Å²) in [6.07, 6.45) is 4.60. The standard InChI is InChI=1S/C25H35N5O5/c1-34-18-8-6-17(7-9-18)21-20(22(31)35-2)19(27-24(33)28-21)16-29-14-10-25(11-15-29,23(26)32)30-12-4-3-5-13-30/h6-9,21H,3-5,10-16H2,1-2H3,(H2,26,32)(H2,27,28,33)/t21-/m0/s1. The Morgan fingerprint density at radius 2 is 1.71 bits per heavy atom. The van der Waals surface area contributed by atoms with Crippen LogP contribution in [0.4, 0.5) is 4.79 Å². The summed E-state index contributed by atoms with van der Waals surface area (Å²) in [5.41, 5.74) is 6.91. The molecular weight excluding hydrogens is 450 g/mol. The molecule has 0 bridgehead atoms. The van der Waals surface area contributed by atoms with Crippen LogP contribution in [0.3, 0.4) is 0 Å². The van der Waals surface area contributed by atoms with E-state index < -0.39 is 17.6 Å². The number of rotatable bonds is 7. The predicted molar refractivity (Wildman–Crippen MR) is 129 cm³/mol. The molecule has 3 amide bonds. The second-order valence-electron chi connectivity index (χ2n) is 9.41. The maximum Gasteiger partial charge on any atom is 0.338 e. The average molecular weight is 486 g/mol. The first-order valence-electron chi connectivity index (χ1n) is 12.2. The van der Waals surface area contributed by atoms with Gasteiger partial charge >= 0.3 is 12.0 Å². The van der Waals surface area contributed by atoms with Crippen molar-refractivity contribution in [2.45, 2.75) is 43.7 Å². The molecule has 2 saturated heterocycles. The van der Waals surface area contributed by atoms with Gasteiger partial charge < -0.3 is 25.8 Å². The highest BCUT2D eigenvalue weighted by Crippen LogP contribution is 2.33. The number of piperidine rings is 2. The number of urea groups is 1. The molecule has 10 heteroatoms. The summed E-state index contributed by atoms with van der Waals surface area (Å²) < 4.78 is 10.3. The number of nitrogens with two attached hydrogens (primary N) is 1. The van der Waals surface area contributed by atoms with Crippen LogP contribution < -0.4 is 21.1 Å². The van der Waals surface area contributed by atoms with E-state index in [9.17, 15) is 14.4 Å². The first kappa shape index (κ1) is 25.0. The Morgan fingerprint density at radius 1 is 1.06 bits per heavy atom. The van der Waals surface area contributed by atoms with Crippen LogP contribution in [0.1, 0.15) is 43.7 Å². The zero-order valence-electron chi connectivity index (χ0n) is 20.5. The van der Waals surface area contributed by atoms with Gasteiger partial charge in [0.05, 0.1) is 25.8 Å². The third kappa shape index (κ3) is 5.13. The van der Waals surface area contributed by atoms with Gasteiger partial charge in [-0.05, 0) is 56.5 Å². The summed E-state index contributed by atoms with van der Waals surface area (Å²) in [4.78, 5) is 42.4. The zero-order valence-corrected chi connectivity index (χ0v) is 20.5. The number of amides is 3. The summed E-state index contributed by atoms with van der Waals surface area (Å²) in [5.74, 6) is -0.0915. The van der Waals surface area contributed by atoms with Crippen LogP contribution in [0.15, 0.2) is 35.5 Å². The Morgan fingerprint density at radius 3 is 2.29 bits per heavy atom. The molecule has 0 aliphatic carbocycles. The van der Waals surface area contributed by atoms with Gasteiger partial charge in [-0.15, -0.1) is 0 Å². The lowest BCUT2D eigenvalue weighted by molar-refractivity contribution is -0.136. The van der Waals surface area contributed by atoms with Crippen molar-refractivity contribution >= 4 is 17.9 Å². The maximum atomic E-state index is 12.8. The molecule has 190 valence electrons. The van der Waals surface area contributed by atoms with Crippen LogP contribution in [-0.2, 0) is 14.3 Å². The van der Waals surface area contributed by atoms with Crippen LogP contribution >= 0.6 is 0 Å². The van der Waals surface area contributed by atoms with Gasteiger partial charge in [-0.2, -0.15) is 0 Å². The van der Waals surface area contributed by atoms with Crippen molar-refractivity contribution in [2.24, 2.45) is 5.73 Å². The van der Waals surface area contributed by atoms with Gasteiger partial charge in [0, 0.05) is 25.3 Å². The fourth-order valence-corrected chi connectivity index (χ4v) is 5.49. The van der Waals surface area contributed by atoms with E-state index in [1.54, 1.807) is 19.2 Å². The number of carbonyl (C=O) groups is 3. The van der Waals surface area contributed by atoms with Crippen molar-refractivity contribution in [3.05, 3.63) is 41.1 Å². The van der Waals surface area contributed by atoms with Crippen molar-refractivity contribution in [3.8, 4) is 5.75 Å². The van der Waals surface area contributed by atoms with Crippen molar-refractivity contribution < 1.29 is 23.9 Å². The van der Waals surface area contributed by atoms with Crippen molar-refractivity contribution in [1.29, 1.82) is 0 Å². The van der Waals surface area contributed by atoms with Gasteiger partial charge in [0.25, 0.3) is 0 Å². The Balaban J connectivity index is 1.56. The molecule has 1 atom stereocenters. The van der Waals surface area contributed by atoms with E-state index in [2.05, 4.69) is 20.4 Å². The SMILES string of the molecule is COC(=O)C1=C(CN2CCC(C(N)=O)(N3CCCCC3)CC2)NC(=O)N[C@H]1c1ccc(OC)cc1. The molecule has 35 heavy (non-hydrogen) atoms. The summed E-state index contributed by atoms with van der Waals surface area (Å²) in [6, 6.07) is 6.16. The molecule has 1 aromatic carbocycles. The molecule has 3 aliphatic heterocycles. The number of benzene rings is 1. The molecule has 2 fully saturated rings. The molecule has 0 spiro atoms. The third-order valence-electron chi connectivity index (χ3n) is 7.49.